The minimum atomic E-state index is -3.37. The van der Waals surface area contributed by atoms with Crippen LogP contribution in [0.4, 0.5) is 5.69 Å². The topological polar surface area (TPSA) is 58.2 Å². The Hall–Kier alpha value is -1.56. The minimum absolute atomic E-state index is 0.258. The molecule has 21 heavy (non-hydrogen) atoms. The molecule has 0 fully saturated rings. The van der Waals surface area contributed by atoms with Gasteiger partial charge in [0.05, 0.1) is 4.90 Å². The molecule has 2 aromatic rings. The second-order valence-corrected chi connectivity index (χ2v) is 6.86. The van der Waals surface area contributed by atoms with Crippen LogP contribution in [0.25, 0.3) is 0 Å². The summed E-state index contributed by atoms with van der Waals surface area (Å²) in [5.74, 6) is 0. The first kappa shape index (κ1) is 15.8. The SMILES string of the molecule is CNS(=O)(=O)c1ccc(NCCc2ccc(Cl)cc2)cc1. The van der Waals surface area contributed by atoms with Crippen molar-refractivity contribution in [1.82, 2.24) is 4.72 Å². The van der Waals surface area contributed by atoms with E-state index in [1.165, 1.54) is 12.6 Å². The lowest BCUT2D eigenvalue weighted by Gasteiger charge is -2.08. The van der Waals surface area contributed by atoms with Gasteiger partial charge in [-0.3, -0.25) is 0 Å². The van der Waals surface area contributed by atoms with E-state index in [0.29, 0.717) is 0 Å². The van der Waals surface area contributed by atoms with Gasteiger partial charge in [0, 0.05) is 17.3 Å². The molecule has 2 rings (SSSR count). The van der Waals surface area contributed by atoms with Gasteiger partial charge in [-0.15, -0.1) is 0 Å². The fourth-order valence-electron chi connectivity index (χ4n) is 1.87. The molecule has 2 aromatic carbocycles. The molecule has 112 valence electrons. The number of hydrogen-bond acceptors (Lipinski definition) is 3. The first-order chi connectivity index (χ1) is 10.0. The molecule has 0 amide bonds. The molecular weight excluding hydrogens is 308 g/mol. The summed E-state index contributed by atoms with van der Waals surface area (Å²) in [6, 6.07) is 14.4. The second-order valence-electron chi connectivity index (χ2n) is 4.54. The summed E-state index contributed by atoms with van der Waals surface area (Å²) in [7, 11) is -1.98. The molecule has 0 unspecified atom stereocenters. The van der Waals surface area contributed by atoms with Crippen molar-refractivity contribution in [2.45, 2.75) is 11.3 Å². The quantitative estimate of drug-likeness (QED) is 0.859. The highest BCUT2D eigenvalue weighted by Crippen LogP contribution is 2.14. The molecule has 0 bridgehead atoms. The zero-order valence-corrected chi connectivity index (χ0v) is 13.2. The van der Waals surface area contributed by atoms with Crippen molar-refractivity contribution in [1.29, 1.82) is 0 Å². The van der Waals surface area contributed by atoms with Gasteiger partial charge in [-0.25, -0.2) is 13.1 Å². The molecule has 0 heterocycles. The van der Waals surface area contributed by atoms with Crippen LogP contribution in [-0.2, 0) is 16.4 Å². The Balaban J connectivity index is 1.91. The number of hydrogen-bond donors (Lipinski definition) is 2. The van der Waals surface area contributed by atoms with Crippen LogP contribution >= 0.6 is 11.6 Å². The Labute approximate surface area is 130 Å². The van der Waals surface area contributed by atoms with Crippen molar-refractivity contribution in [3.63, 3.8) is 0 Å². The molecule has 0 aliphatic carbocycles. The number of rotatable bonds is 6. The zero-order chi connectivity index (χ0) is 15.3. The monoisotopic (exact) mass is 324 g/mol. The van der Waals surface area contributed by atoms with Crippen molar-refractivity contribution in [3.05, 3.63) is 59.1 Å². The largest absolute Gasteiger partial charge is 0.385 e. The molecule has 0 radical (unpaired) electrons. The highest BCUT2D eigenvalue weighted by molar-refractivity contribution is 7.89. The third-order valence-electron chi connectivity index (χ3n) is 3.09. The van der Waals surface area contributed by atoms with Crippen LogP contribution in [0.1, 0.15) is 5.56 Å². The summed E-state index contributed by atoms with van der Waals surface area (Å²) >= 11 is 5.84. The molecular formula is C15H17ClN2O2S. The maximum Gasteiger partial charge on any atom is 0.240 e. The van der Waals surface area contributed by atoms with Crippen molar-refractivity contribution in [2.75, 3.05) is 18.9 Å². The Morgan fingerprint density at radius 3 is 2.19 bits per heavy atom. The van der Waals surface area contributed by atoms with E-state index in [9.17, 15) is 8.42 Å². The van der Waals surface area contributed by atoms with Gasteiger partial charge in [0.15, 0.2) is 0 Å². The molecule has 0 spiro atoms. The predicted molar refractivity (Wildman–Crippen MR) is 86.3 cm³/mol. The molecule has 0 atom stereocenters. The van der Waals surface area contributed by atoms with Gasteiger partial charge in [0.1, 0.15) is 0 Å². The Kier molecular flexibility index (Phi) is 5.22. The van der Waals surface area contributed by atoms with Crippen LogP contribution < -0.4 is 10.0 Å². The summed E-state index contributed by atoms with van der Waals surface area (Å²) < 4.78 is 25.5. The van der Waals surface area contributed by atoms with Gasteiger partial charge >= 0.3 is 0 Å². The fraction of sp³-hybridized carbons (Fsp3) is 0.200. The zero-order valence-electron chi connectivity index (χ0n) is 11.6. The molecule has 0 aliphatic heterocycles. The molecule has 0 aromatic heterocycles. The van der Waals surface area contributed by atoms with E-state index in [2.05, 4.69) is 10.0 Å². The van der Waals surface area contributed by atoms with Crippen LogP contribution in [0.15, 0.2) is 53.4 Å². The smallest absolute Gasteiger partial charge is 0.240 e. The van der Waals surface area contributed by atoms with Gasteiger partial charge < -0.3 is 5.32 Å². The number of anilines is 1. The van der Waals surface area contributed by atoms with E-state index < -0.39 is 10.0 Å². The summed E-state index contributed by atoms with van der Waals surface area (Å²) in [5.41, 5.74) is 2.08. The maximum atomic E-state index is 11.6. The molecule has 4 nitrogen and oxygen atoms in total. The Morgan fingerprint density at radius 2 is 1.62 bits per heavy atom. The summed E-state index contributed by atoms with van der Waals surface area (Å²) in [6.45, 7) is 0.764. The average molecular weight is 325 g/mol. The highest BCUT2D eigenvalue weighted by Gasteiger charge is 2.09. The van der Waals surface area contributed by atoms with E-state index >= 15 is 0 Å². The lowest BCUT2D eigenvalue weighted by atomic mass is 10.1. The Bertz CT molecular complexity index is 683. The fourth-order valence-corrected chi connectivity index (χ4v) is 2.73. The van der Waals surface area contributed by atoms with Gasteiger partial charge in [-0.1, -0.05) is 23.7 Å². The molecule has 0 saturated heterocycles. The van der Waals surface area contributed by atoms with E-state index in [4.69, 9.17) is 11.6 Å². The Morgan fingerprint density at radius 1 is 1.00 bits per heavy atom. The molecule has 6 heteroatoms. The van der Waals surface area contributed by atoms with Crippen LogP contribution in [0, 0.1) is 0 Å². The molecule has 2 N–H and O–H groups in total. The number of sulfonamides is 1. The highest BCUT2D eigenvalue weighted by atomic mass is 35.5. The van der Waals surface area contributed by atoms with Gasteiger partial charge in [-0.2, -0.15) is 0 Å². The number of nitrogens with one attached hydrogen (secondary N) is 2. The number of halogens is 1. The maximum absolute atomic E-state index is 11.6. The summed E-state index contributed by atoms with van der Waals surface area (Å²) in [6.07, 6.45) is 0.869. The van der Waals surface area contributed by atoms with E-state index in [1.807, 2.05) is 24.3 Å². The van der Waals surface area contributed by atoms with E-state index in [-0.39, 0.29) is 4.90 Å². The lowest BCUT2D eigenvalue weighted by Crippen LogP contribution is -2.18. The molecule has 0 saturated carbocycles. The molecule has 0 aliphatic rings. The van der Waals surface area contributed by atoms with Crippen molar-refractivity contribution in [3.8, 4) is 0 Å². The summed E-state index contributed by atoms with van der Waals surface area (Å²) in [5, 5.41) is 3.99. The average Bonchev–Trinajstić information content (AvgIpc) is 2.50. The van der Waals surface area contributed by atoms with Crippen molar-refractivity contribution >= 4 is 27.3 Å². The summed E-state index contributed by atoms with van der Waals surface area (Å²) in [4.78, 5) is 0.258. The van der Waals surface area contributed by atoms with E-state index in [0.717, 1.165) is 23.7 Å². The number of benzene rings is 2. The third-order valence-corrected chi connectivity index (χ3v) is 4.77. The van der Waals surface area contributed by atoms with Crippen LogP contribution in [0.2, 0.25) is 5.02 Å². The van der Waals surface area contributed by atoms with Crippen LogP contribution in [0.3, 0.4) is 0 Å². The normalized spacial score (nSPS) is 11.3. The third kappa shape index (κ3) is 4.46. The van der Waals surface area contributed by atoms with Crippen LogP contribution in [-0.4, -0.2) is 22.0 Å². The van der Waals surface area contributed by atoms with Crippen molar-refractivity contribution in [2.24, 2.45) is 0 Å². The van der Waals surface area contributed by atoms with Crippen molar-refractivity contribution < 1.29 is 8.42 Å². The standard InChI is InChI=1S/C15H17ClN2O2S/c1-17-21(19,20)15-8-6-14(7-9-15)18-11-10-12-2-4-13(16)5-3-12/h2-9,17-18H,10-11H2,1H3. The minimum Gasteiger partial charge on any atom is -0.385 e. The second kappa shape index (κ2) is 6.93. The van der Waals surface area contributed by atoms with Crippen LogP contribution in [0.5, 0.6) is 0 Å². The van der Waals surface area contributed by atoms with Gasteiger partial charge in [0.25, 0.3) is 0 Å². The van der Waals surface area contributed by atoms with Gasteiger partial charge in [0.2, 0.25) is 10.0 Å². The first-order valence-corrected chi connectivity index (χ1v) is 8.39. The first-order valence-electron chi connectivity index (χ1n) is 6.53. The predicted octanol–water partition coefficient (Wildman–Crippen LogP) is 2.90. The van der Waals surface area contributed by atoms with Gasteiger partial charge in [-0.05, 0) is 55.4 Å². The lowest BCUT2D eigenvalue weighted by molar-refractivity contribution is 0.588. The van der Waals surface area contributed by atoms with E-state index in [1.54, 1.807) is 24.3 Å².